The van der Waals surface area contributed by atoms with Crippen molar-refractivity contribution in [2.24, 2.45) is 0 Å². The normalized spacial score (nSPS) is 10.4. The van der Waals surface area contributed by atoms with Gasteiger partial charge in [-0.05, 0) is 13.0 Å². The summed E-state index contributed by atoms with van der Waals surface area (Å²) < 4.78 is 1.79. The molecule has 0 saturated carbocycles. The number of carbonyl (C=O) groups excluding carboxylic acids is 1. The van der Waals surface area contributed by atoms with E-state index in [0.29, 0.717) is 23.1 Å². The van der Waals surface area contributed by atoms with Gasteiger partial charge in [-0.3, -0.25) is 9.89 Å². The van der Waals surface area contributed by atoms with Gasteiger partial charge in [0, 0.05) is 18.8 Å². The standard InChI is InChI=1S/C10H11ClN4O/c1-2-15-6-7(11)5-8(15)10(16)13-9-3-4-12-14-9/h3-6H,2H2,1H3,(H2,12,13,14,16). The highest BCUT2D eigenvalue weighted by atomic mass is 35.5. The van der Waals surface area contributed by atoms with Gasteiger partial charge >= 0.3 is 0 Å². The Balaban J connectivity index is 2.20. The van der Waals surface area contributed by atoms with Gasteiger partial charge in [-0.25, -0.2) is 0 Å². The van der Waals surface area contributed by atoms with Crippen molar-refractivity contribution in [2.75, 3.05) is 5.32 Å². The van der Waals surface area contributed by atoms with Crippen molar-refractivity contribution in [1.29, 1.82) is 0 Å². The van der Waals surface area contributed by atoms with Crippen LogP contribution in [0.1, 0.15) is 17.4 Å². The lowest BCUT2D eigenvalue weighted by molar-refractivity contribution is 0.101. The Morgan fingerprint density at radius 3 is 3.12 bits per heavy atom. The van der Waals surface area contributed by atoms with Crippen molar-refractivity contribution in [2.45, 2.75) is 13.5 Å². The van der Waals surface area contributed by atoms with E-state index in [4.69, 9.17) is 11.6 Å². The number of halogens is 1. The Morgan fingerprint density at radius 2 is 2.50 bits per heavy atom. The molecule has 0 radical (unpaired) electrons. The third-order valence-corrected chi connectivity index (χ3v) is 2.39. The SMILES string of the molecule is CCn1cc(Cl)cc1C(=O)Nc1ccn[nH]1. The van der Waals surface area contributed by atoms with Crippen LogP contribution >= 0.6 is 11.6 Å². The van der Waals surface area contributed by atoms with Crippen LogP contribution in [0.3, 0.4) is 0 Å². The van der Waals surface area contributed by atoms with E-state index in [1.807, 2.05) is 6.92 Å². The zero-order valence-corrected chi connectivity index (χ0v) is 9.45. The number of nitrogens with one attached hydrogen (secondary N) is 2. The monoisotopic (exact) mass is 238 g/mol. The van der Waals surface area contributed by atoms with Crippen LogP contribution in [-0.4, -0.2) is 20.7 Å². The molecule has 16 heavy (non-hydrogen) atoms. The van der Waals surface area contributed by atoms with E-state index < -0.39 is 0 Å². The van der Waals surface area contributed by atoms with Crippen LogP contribution in [0.15, 0.2) is 24.5 Å². The zero-order valence-electron chi connectivity index (χ0n) is 8.70. The number of aromatic amines is 1. The molecule has 0 aliphatic carbocycles. The molecule has 84 valence electrons. The molecule has 0 aliphatic heterocycles. The summed E-state index contributed by atoms with van der Waals surface area (Å²) in [5.74, 6) is 0.350. The van der Waals surface area contributed by atoms with Crippen molar-refractivity contribution in [1.82, 2.24) is 14.8 Å². The first-order valence-corrected chi connectivity index (χ1v) is 5.25. The minimum atomic E-state index is -0.210. The number of hydrogen-bond acceptors (Lipinski definition) is 2. The van der Waals surface area contributed by atoms with Crippen LogP contribution < -0.4 is 5.32 Å². The largest absolute Gasteiger partial charge is 0.342 e. The van der Waals surface area contributed by atoms with Crippen molar-refractivity contribution in [3.05, 3.63) is 35.2 Å². The number of carbonyl (C=O) groups is 1. The maximum absolute atomic E-state index is 11.9. The minimum Gasteiger partial charge on any atom is -0.342 e. The Bertz CT molecular complexity index is 489. The van der Waals surface area contributed by atoms with Crippen molar-refractivity contribution in [3.63, 3.8) is 0 Å². The summed E-state index contributed by atoms with van der Waals surface area (Å²) in [4.78, 5) is 11.9. The smallest absolute Gasteiger partial charge is 0.273 e. The second kappa shape index (κ2) is 4.40. The summed E-state index contributed by atoms with van der Waals surface area (Å²) >= 11 is 5.85. The zero-order chi connectivity index (χ0) is 11.5. The number of hydrogen-bond donors (Lipinski definition) is 2. The van der Waals surface area contributed by atoms with Gasteiger partial charge < -0.3 is 9.88 Å². The molecule has 0 fully saturated rings. The van der Waals surface area contributed by atoms with E-state index in [0.717, 1.165) is 0 Å². The first-order valence-electron chi connectivity index (χ1n) is 4.87. The van der Waals surface area contributed by atoms with Crippen molar-refractivity contribution < 1.29 is 4.79 Å². The average molecular weight is 239 g/mol. The molecule has 2 aromatic rings. The van der Waals surface area contributed by atoms with Crippen molar-refractivity contribution >= 4 is 23.3 Å². The van der Waals surface area contributed by atoms with Crippen LogP contribution in [-0.2, 0) is 6.54 Å². The van der Waals surface area contributed by atoms with E-state index in [1.165, 1.54) is 0 Å². The molecule has 0 bridgehead atoms. The fourth-order valence-corrected chi connectivity index (χ4v) is 1.66. The third-order valence-electron chi connectivity index (χ3n) is 2.19. The number of anilines is 1. The Hall–Kier alpha value is -1.75. The number of aryl methyl sites for hydroxylation is 1. The lowest BCUT2D eigenvalue weighted by atomic mass is 10.4. The predicted octanol–water partition coefficient (Wildman–Crippen LogP) is 2.14. The van der Waals surface area contributed by atoms with Gasteiger partial charge in [0.25, 0.3) is 5.91 Å². The molecule has 0 saturated heterocycles. The fourth-order valence-electron chi connectivity index (χ4n) is 1.44. The third kappa shape index (κ3) is 2.09. The van der Waals surface area contributed by atoms with E-state index in [1.54, 1.807) is 29.1 Å². The second-order valence-electron chi connectivity index (χ2n) is 3.25. The Kier molecular flexibility index (Phi) is 2.96. The number of aromatic nitrogens is 3. The summed E-state index contributed by atoms with van der Waals surface area (Å²) in [7, 11) is 0. The average Bonchev–Trinajstić information content (AvgIpc) is 2.86. The lowest BCUT2D eigenvalue weighted by Crippen LogP contribution is -2.16. The number of nitrogens with zero attached hydrogens (tertiary/aromatic N) is 2. The van der Waals surface area contributed by atoms with Gasteiger partial charge in [-0.2, -0.15) is 5.10 Å². The molecular formula is C10H11ClN4O. The van der Waals surface area contributed by atoms with E-state index in [9.17, 15) is 4.79 Å². The molecule has 6 heteroatoms. The Labute approximate surface area is 97.4 Å². The van der Waals surface area contributed by atoms with Gasteiger partial charge in [0.1, 0.15) is 11.5 Å². The van der Waals surface area contributed by atoms with Crippen LogP contribution in [0.4, 0.5) is 5.82 Å². The lowest BCUT2D eigenvalue weighted by Gasteiger charge is -2.05. The summed E-state index contributed by atoms with van der Waals surface area (Å²) in [6, 6.07) is 3.31. The summed E-state index contributed by atoms with van der Waals surface area (Å²) in [5.41, 5.74) is 0.530. The first kappa shape index (κ1) is 10.8. The molecule has 2 aromatic heterocycles. The van der Waals surface area contributed by atoms with E-state index in [2.05, 4.69) is 15.5 Å². The molecule has 0 aliphatic rings. The second-order valence-corrected chi connectivity index (χ2v) is 3.69. The molecule has 0 spiro atoms. The molecular weight excluding hydrogens is 228 g/mol. The highest BCUT2D eigenvalue weighted by Gasteiger charge is 2.12. The molecule has 2 N–H and O–H groups in total. The number of amides is 1. The van der Waals surface area contributed by atoms with E-state index >= 15 is 0 Å². The van der Waals surface area contributed by atoms with Crippen LogP contribution in [0.5, 0.6) is 0 Å². The van der Waals surface area contributed by atoms with Crippen molar-refractivity contribution in [3.8, 4) is 0 Å². The molecule has 0 atom stereocenters. The summed E-state index contributed by atoms with van der Waals surface area (Å²) in [5, 5.41) is 9.64. The predicted molar refractivity (Wildman–Crippen MR) is 61.7 cm³/mol. The Morgan fingerprint density at radius 1 is 1.69 bits per heavy atom. The molecule has 2 heterocycles. The highest BCUT2D eigenvalue weighted by molar-refractivity contribution is 6.31. The maximum Gasteiger partial charge on any atom is 0.273 e. The van der Waals surface area contributed by atoms with Gasteiger partial charge in [-0.1, -0.05) is 11.6 Å². The molecule has 5 nitrogen and oxygen atoms in total. The van der Waals surface area contributed by atoms with Gasteiger partial charge in [0.15, 0.2) is 0 Å². The fraction of sp³-hybridized carbons (Fsp3) is 0.200. The molecule has 1 amide bonds. The summed E-state index contributed by atoms with van der Waals surface area (Å²) in [6.07, 6.45) is 3.30. The van der Waals surface area contributed by atoms with Crippen LogP contribution in [0.25, 0.3) is 0 Å². The molecule has 2 rings (SSSR count). The van der Waals surface area contributed by atoms with E-state index in [-0.39, 0.29) is 5.91 Å². The first-order chi connectivity index (χ1) is 7.70. The summed E-state index contributed by atoms with van der Waals surface area (Å²) in [6.45, 7) is 2.64. The van der Waals surface area contributed by atoms with Gasteiger partial charge in [0.05, 0.1) is 11.2 Å². The highest BCUT2D eigenvalue weighted by Crippen LogP contribution is 2.15. The van der Waals surface area contributed by atoms with Crippen LogP contribution in [0, 0.1) is 0 Å². The minimum absolute atomic E-state index is 0.210. The molecule has 0 aromatic carbocycles. The number of H-pyrrole nitrogens is 1. The maximum atomic E-state index is 11.9. The van der Waals surface area contributed by atoms with Crippen LogP contribution in [0.2, 0.25) is 5.02 Å². The quantitative estimate of drug-likeness (QED) is 0.861. The molecule has 0 unspecified atom stereocenters. The topological polar surface area (TPSA) is 62.7 Å². The van der Waals surface area contributed by atoms with Gasteiger partial charge in [-0.15, -0.1) is 0 Å². The van der Waals surface area contributed by atoms with Gasteiger partial charge in [0.2, 0.25) is 0 Å². The number of rotatable bonds is 3.